The monoisotopic (exact) mass is 278 g/mol. The lowest BCUT2D eigenvalue weighted by atomic mass is 9.79. The molecule has 0 amide bonds. The minimum Gasteiger partial charge on any atom is -0.480 e. The molecule has 20 heavy (non-hydrogen) atoms. The quantitative estimate of drug-likeness (QED) is 0.480. The van der Waals surface area contributed by atoms with Crippen LogP contribution in [0.3, 0.4) is 0 Å². The van der Waals surface area contributed by atoms with Gasteiger partial charge in [0, 0.05) is 13.1 Å². The van der Waals surface area contributed by atoms with Crippen molar-refractivity contribution in [1.29, 1.82) is 0 Å². The van der Waals surface area contributed by atoms with Crippen LogP contribution in [0.1, 0.15) is 18.4 Å². The van der Waals surface area contributed by atoms with Crippen LogP contribution in [0.4, 0.5) is 0 Å². The summed E-state index contributed by atoms with van der Waals surface area (Å²) in [5.41, 5.74) is -0.636. The topological polar surface area (TPSA) is 92.9 Å². The number of piperidine rings is 1. The molecule has 6 nitrogen and oxygen atoms in total. The lowest BCUT2D eigenvalue weighted by Crippen LogP contribution is -2.51. The van der Waals surface area contributed by atoms with Gasteiger partial charge in [-0.25, -0.2) is 5.01 Å². The zero-order valence-corrected chi connectivity index (χ0v) is 11.1. The van der Waals surface area contributed by atoms with Crippen molar-refractivity contribution in [2.45, 2.75) is 19.4 Å². The Morgan fingerprint density at radius 2 is 1.85 bits per heavy atom. The second kappa shape index (κ2) is 6.02. The highest BCUT2D eigenvalue weighted by Gasteiger charge is 2.49. The number of hydrogen-bond acceptors (Lipinski definition) is 5. The molecular formula is C14H18N2O4. The fourth-order valence-corrected chi connectivity index (χ4v) is 2.27. The molecule has 1 heterocycles. The number of nitrogens with zero attached hydrogens (tertiary/aromatic N) is 1. The van der Waals surface area contributed by atoms with Crippen molar-refractivity contribution in [3.05, 3.63) is 35.9 Å². The molecule has 1 saturated heterocycles. The predicted molar refractivity (Wildman–Crippen MR) is 71.3 cm³/mol. The third kappa shape index (κ3) is 2.97. The second-order valence-electron chi connectivity index (χ2n) is 4.98. The first kappa shape index (κ1) is 14.5. The van der Waals surface area contributed by atoms with Crippen molar-refractivity contribution in [3.63, 3.8) is 0 Å². The van der Waals surface area contributed by atoms with E-state index in [9.17, 15) is 14.7 Å². The van der Waals surface area contributed by atoms with E-state index in [1.807, 2.05) is 30.3 Å². The van der Waals surface area contributed by atoms with E-state index in [2.05, 4.69) is 0 Å². The molecule has 0 radical (unpaired) electrons. The summed E-state index contributed by atoms with van der Waals surface area (Å²) in [6, 6.07) is 9.18. The predicted octanol–water partition coefficient (Wildman–Crippen LogP) is 0.770. The number of nitrogens with two attached hydrogens (primary N) is 1. The number of aliphatic carboxylic acids is 1. The molecule has 0 aliphatic carbocycles. The standard InChI is InChI=1S/C14H18N2O4/c15-16-8-6-14(7-9-16,12(17)18)13(19)20-10-11-4-2-1-3-5-11/h1-5H,6-10,15H2,(H,17,18). The number of rotatable bonds is 4. The summed E-state index contributed by atoms with van der Waals surface area (Å²) in [6.45, 7) is 0.820. The van der Waals surface area contributed by atoms with E-state index >= 15 is 0 Å². The third-order valence-corrected chi connectivity index (χ3v) is 3.66. The van der Waals surface area contributed by atoms with E-state index in [-0.39, 0.29) is 19.4 Å². The molecular weight excluding hydrogens is 260 g/mol. The number of esters is 1. The molecule has 0 spiro atoms. The van der Waals surface area contributed by atoms with Crippen LogP contribution in [0, 0.1) is 5.41 Å². The van der Waals surface area contributed by atoms with Gasteiger partial charge in [-0.2, -0.15) is 0 Å². The maximum absolute atomic E-state index is 12.2. The largest absolute Gasteiger partial charge is 0.480 e. The molecule has 108 valence electrons. The molecule has 1 fully saturated rings. The summed E-state index contributed by atoms with van der Waals surface area (Å²) in [7, 11) is 0. The molecule has 2 rings (SSSR count). The first-order valence-corrected chi connectivity index (χ1v) is 6.49. The molecule has 0 bridgehead atoms. The van der Waals surface area contributed by atoms with Gasteiger partial charge in [-0.3, -0.25) is 15.4 Å². The van der Waals surface area contributed by atoms with E-state index in [0.29, 0.717) is 13.1 Å². The summed E-state index contributed by atoms with van der Waals surface area (Å²) < 4.78 is 5.19. The average Bonchev–Trinajstić information content (AvgIpc) is 2.46. The fourth-order valence-electron chi connectivity index (χ4n) is 2.27. The Bertz CT molecular complexity index is 481. The van der Waals surface area contributed by atoms with Crippen LogP contribution in [-0.2, 0) is 20.9 Å². The smallest absolute Gasteiger partial charge is 0.323 e. The summed E-state index contributed by atoms with van der Waals surface area (Å²) in [5.74, 6) is 3.80. The SMILES string of the molecule is NN1CCC(C(=O)O)(C(=O)OCc2ccccc2)CC1. The van der Waals surface area contributed by atoms with E-state index < -0.39 is 17.4 Å². The highest BCUT2D eigenvalue weighted by Crippen LogP contribution is 2.32. The van der Waals surface area contributed by atoms with E-state index in [1.54, 1.807) is 0 Å². The van der Waals surface area contributed by atoms with Gasteiger partial charge in [-0.15, -0.1) is 0 Å². The van der Waals surface area contributed by atoms with Crippen molar-refractivity contribution in [2.75, 3.05) is 13.1 Å². The minimum absolute atomic E-state index is 0.0844. The molecule has 1 aromatic rings. The number of carboxylic acid groups (broad SMARTS) is 1. The number of carbonyl (C=O) groups is 2. The molecule has 0 unspecified atom stereocenters. The summed E-state index contributed by atoms with van der Waals surface area (Å²) >= 11 is 0. The van der Waals surface area contributed by atoms with Crippen LogP contribution in [0.2, 0.25) is 0 Å². The molecule has 3 N–H and O–H groups in total. The van der Waals surface area contributed by atoms with Crippen LogP contribution in [0.5, 0.6) is 0 Å². The summed E-state index contributed by atoms with van der Waals surface area (Å²) in [6.07, 6.45) is 0.346. The molecule has 6 heteroatoms. The highest BCUT2D eigenvalue weighted by atomic mass is 16.5. The Balaban J connectivity index is 2.03. The van der Waals surface area contributed by atoms with Crippen molar-refractivity contribution >= 4 is 11.9 Å². The minimum atomic E-state index is -1.47. The van der Waals surface area contributed by atoms with Crippen molar-refractivity contribution < 1.29 is 19.4 Å². The Hall–Kier alpha value is -1.92. The third-order valence-electron chi connectivity index (χ3n) is 3.66. The van der Waals surface area contributed by atoms with Crippen LogP contribution < -0.4 is 5.84 Å². The first-order chi connectivity index (χ1) is 9.54. The summed E-state index contributed by atoms with van der Waals surface area (Å²) in [4.78, 5) is 23.7. The van der Waals surface area contributed by atoms with Gasteiger partial charge in [-0.1, -0.05) is 30.3 Å². The molecule has 1 aromatic carbocycles. The number of carbonyl (C=O) groups excluding carboxylic acids is 1. The van der Waals surface area contributed by atoms with Crippen LogP contribution in [0.15, 0.2) is 30.3 Å². The Kier molecular flexibility index (Phi) is 4.36. The highest BCUT2D eigenvalue weighted by molar-refractivity contribution is 5.99. The second-order valence-corrected chi connectivity index (χ2v) is 4.98. The van der Waals surface area contributed by atoms with E-state index in [4.69, 9.17) is 10.6 Å². The zero-order chi connectivity index (χ0) is 14.6. The Morgan fingerprint density at radius 1 is 1.25 bits per heavy atom. The molecule has 0 atom stereocenters. The van der Waals surface area contributed by atoms with Gasteiger partial charge < -0.3 is 9.84 Å². The number of hydrazine groups is 1. The Labute approximate surface area is 117 Å². The number of hydrogen-bond donors (Lipinski definition) is 2. The number of benzene rings is 1. The number of ether oxygens (including phenoxy) is 1. The maximum Gasteiger partial charge on any atom is 0.323 e. The fraction of sp³-hybridized carbons (Fsp3) is 0.429. The van der Waals surface area contributed by atoms with Crippen molar-refractivity contribution in [3.8, 4) is 0 Å². The van der Waals surface area contributed by atoms with E-state index in [1.165, 1.54) is 5.01 Å². The van der Waals surface area contributed by atoms with Gasteiger partial charge in [0.2, 0.25) is 0 Å². The van der Waals surface area contributed by atoms with Crippen molar-refractivity contribution in [2.24, 2.45) is 11.3 Å². The van der Waals surface area contributed by atoms with Gasteiger partial charge in [-0.05, 0) is 18.4 Å². The van der Waals surface area contributed by atoms with Crippen LogP contribution >= 0.6 is 0 Å². The molecule has 1 aliphatic heterocycles. The van der Waals surface area contributed by atoms with Gasteiger partial charge in [0.25, 0.3) is 0 Å². The number of carboxylic acids is 1. The maximum atomic E-state index is 12.2. The lowest BCUT2D eigenvalue weighted by molar-refractivity contribution is -0.173. The van der Waals surface area contributed by atoms with E-state index in [0.717, 1.165) is 5.56 Å². The zero-order valence-electron chi connectivity index (χ0n) is 11.1. The van der Waals surface area contributed by atoms with Gasteiger partial charge >= 0.3 is 11.9 Å². The Morgan fingerprint density at radius 3 is 2.40 bits per heavy atom. The lowest BCUT2D eigenvalue weighted by Gasteiger charge is -2.34. The van der Waals surface area contributed by atoms with Crippen LogP contribution in [0.25, 0.3) is 0 Å². The van der Waals surface area contributed by atoms with Crippen LogP contribution in [-0.4, -0.2) is 35.1 Å². The summed E-state index contributed by atoms with van der Waals surface area (Å²) in [5, 5.41) is 10.9. The van der Waals surface area contributed by atoms with Crippen molar-refractivity contribution in [1.82, 2.24) is 5.01 Å². The van der Waals surface area contributed by atoms with Gasteiger partial charge in [0.1, 0.15) is 6.61 Å². The molecule has 1 aliphatic rings. The molecule has 0 aromatic heterocycles. The molecule has 0 saturated carbocycles. The average molecular weight is 278 g/mol. The first-order valence-electron chi connectivity index (χ1n) is 6.49. The van der Waals surface area contributed by atoms with Gasteiger partial charge in [0.15, 0.2) is 5.41 Å². The normalized spacial score (nSPS) is 18.4. The van der Waals surface area contributed by atoms with Gasteiger partial charge in [0.05, 0.1) is 0 Å².